The van der Waals surface area contributed by atoms with Gasteiger partial charge in [-0.25, -0.2) is 0 Å². The molecule has 0 unspecified atom stereocenters. The fourth-order valence-electron chi connectivity index (χ4n) is 1.58. The number of nitrogens with one attached hydrogen (secondary N) is 2. The second-order valence-electron chi connectivity index (χ2n) is 4.05. The molecule has 1 rings (SSSR count). The third kappa shape index (κ3) is 7.34. The van der Waals surface area contributed by atoms with Crippen LogP contribution in [0.4, 0.5) is 0 Å². The zero-order valence-corrected chi connectivity index (χ0v) is 13.0. The van der Waals surface area contributed by atoms with Gasteiger partial charge in [-0.3, -0.25) is 0 Å². The van der Waals surface area contributed by atoms with Crippen LogP contribution in [-0.2, 0) is 11.3 Å². The predicted octanol–water partition coefficient (Wildman–Crippen LogP) is 2.82. The van der Waals surface area contributed by atoms with Gasteiger partial charge in [-0.1, -0.05) is 27.5 Å². The van der Waals surface area contributed by atoms with Crippen LogP contribution in [0, 0.1) is 0 Å². The molecule has 0 bridgehead atoms. The van der Waals surface area contributed by atoms with Crippen molar-refractivity contribution in [2.45, 2.75) is 13.0 Å². The fraction of sp³-hybridized carbons (Fsp3) is 0.538. The predicted molar refractivity (Wildman–Crippen MR) is 80.2 cm³/mol. The van der Waals surface area contributed by atoms with Gasteiger partial charge in [-0.15, -0.1) is 0 Å². The molecule has 0 aromatic heterocycles. The first-order valence-corrected chi connectivity index (χ1v) is 7.25. The van der Waals surface area contributed by atoms with Crippen LogP contribution in [0.3, 0.4) is 0 Å². The van der Waals surface area contributed by atoms with Crippen molar-refractivity contribution in [1.29, 1.82) is 0 Å². The SMILES string of the molecule is COCCNCCCNCc1cc(Cl)cc(Br)c1. The summed E-state index contributed by atoms with van der Waals surface area (Å²) in [6, 6.07) is 5.96. The van der Waals surface area contributed by atoms with E-state index in [9.17, 15) is 0 Å². The molecule has 0 saturated heterocycles. The molecule has 0 spiro atoms. The minimum atomic E-state index is 0.766. The molecular weight excluding hydrogens is 316 g/mol. The topological polar surface area (TPSA) is 33.3 Å². The Kier molecular flexibility index (Phi) is 8.63. The third-order valence-electron chi connectivity index (χ3n) is 2.44. The van der Waals surface area contributed by atoms with Crippen molar-refractivity contribution in [3.8, 4) is 0 Å². The molecule has 0 amide bonds. The summed E-state index contributed by atoms with van der Waals surface area (Å²) in [6.07, 6.45) is 1.10. The van der Waals surface area contributed by atoms with E-state index < -0.39 is 0 Å². The summed E-state index contributed by atoms with van der Waals surface area (Å²) in [5.41, 5.74) is 1.20. The van der Waals surface area contributed by atoms with E-state index in [2.05, 4.69) is 32.6 Å². The first-order chi connectivity index (χ1) is 8.72. The summed E-state index contributed by atoms with van der Waals surface area (Å²) in [5.74, 6) is 0. The number of methoxy groups -OCH3 is 1. The maximum absolute atomic E-state index is 5.98. The first-order valence-electron chi connectivity index (χ1n) is 6.07. The molecule has 0 fully saturated rings. The van der Waals surface area contributed by atoms with Crippen LogP contribution in [0.5, 0.6) is 0 Å². The van der Waals surface area contributed by atoms with E-state index in [0.29, 0.717) is 0 Å². The van der Waals surface area contributed by atoms with E-state index in [1.807, 2.05) is 12.1 Å². The highest BCUT2D eigenvalue weighted by Crippen LogP contribution is 2.19. The van der Waals surface area contributed by atoms with Crippen molar-refractivity contribution in [3.63, 3.8) is 0 Å². The first kappa shape index (κ1) is 15.9. The lowest BCUT2D eigenvalue weighted by atomic mass is 10.2. The smallest absolute Gasteiger partial charge is 0.0587 e. The molecule has 0 aliphatic rings. The molecule has 0 heterocycles. The number of hydrogen-bond acceptors (Lipinski definition) is 3. The monoisotopic (exact) mass is 334 g/mol. The Hall–Kier alpha value is -0.130. The zero-order chi connectivity index (χ0) is 13.2. The van der Waals surface area contributed by atoms with Crippen molar-refractivity contribution < 1.29 is 4.74 Å². The molecule has 0 saturated carbocycles. The van der Waals surface area contributed by atoms with Crippen LogP contribution in [0.15, 0.2) is 22.7 Å². The van der Waals surface area contributed by atoms with Gasteiger partial charge in [0.1, 0.15) is 0 Å². The van der Waals surface area contributed by atoms with E-state index in [-0.39, 0.29) is 0 Å². The third-order valence-corrected chi connectivity index (χ3v) is 3.12. The molecule has 2 N–H and O–H groups in total. The average Bonchev–Trinajstić information content (AvgIpc) is 2.31. The quantitative estimate of drug-likeness (QED) is 0.681. The van der Waals surface area contributed by atoms with E-state index in [1.165, 1.54) is 5.56 Å². The van der Waals surface area contributed by atoms with E-state index >= 15 is 0 Å². The molecule has 0 aliphatic heterocycles. The number of halogens is 2. The fourth-order valence-corrected chi connectivity index (χ4v) is 2.51. The maximum atomic E-state index is 5.98. The van der Waals surface area contributed by atoms with E-state index in [4.69, 9.17) is 16.3 Å². The van der Waals surface area contributed by atoms with Crippen molar-refractivity contribution >= 4 is 27.5 Å². The number of hydrogen-bond donors (Lipinski definition) is 2. The van der Waals surface area contributed by atoms with Gasteiger partial charge in [-0.2, -0.15) is 0 Å². The van der Waals surface area contributed by atoms with Gasteiger partial charge in [0.2, 0.25) is 0 Å². The van der Waals surface area contributed by atoms with Crippen molar-refractivity contribution in [2.75, 3.05) is 33.4 Å². The zero-order valence-electron chi connectivity index (χ0n) is 10.6. The average molecular weight is 336 g/mol. The molecule has 0 aliphatic carbocycles. The number of benzene rings is 1. The van der Waals surface area contributed by atoms with Crippen LogP contribution in [0.2, 0.25) is 5.02 Å². The van der Waals surface area contributed by atoms with Crippen LogP contribution in [0.1, 0.15) is 12.0 Å². The highest BCUT2D eigenvalue weighted by molar-refractivity contribution is 9.10. The van der Waals surface area contributed by atoms with E-state index in [1.54, 1.807) is 7.11 Å². The molecule has 18 heavy (non-hydrogen) atoms. The minimum Gasteiger partial charge on any atom is -0.383 e. The summed E-state index contributed by atoms with van der Waals surface area (Å²) < 4.78 is 5.98. The lowest BCUT2D eigenvalue weighted by molar-refractivity contribution is 0.199. The molecule has 1 aromatic rings. The van der Waals surface area contributed by atoms with Crippen molar-refractivity contribution in [2.24, 2.45) is 0 Å². The Labute approximate surface area is 122 Å². The Morgan fingerprint density at radius 3 is 2.67 bits per heavy atom. The molecule has 3 nitrogen and oxygen atoms in total. The van der Waals surface area contributed by atoms with Gasteiger partial charge < -0.3 is 15.4 Å². The second-order valence-corrected chi connectivity index (χ2v) is 5.40. The normalized spacial score (nSPS) is 10.8. The van der Waals surface area contributed by atoms with Crippen LogP contribution >= 0.6 is 27.5 Å². The van der Waals surface area contributed by atoms with Gasteiger partial charge in [0.15, 0.2) is 0 Å². The number of rotatable bonds is 9. The van der Waals surface area contributed by atoms with Crippen LogP contribution < -0.4 is 10.6 Å². The summed E-state index contributed by atoms with van der Waals surface area (Å²) in [7, 11) is 1.71. The van der Waals surface area contributed by atoms with Gasteiger partial charge in [-0.05, 0) is 43.3 Å². The van der Waals surface area contributed by atoms with Crippen LogP contribution in [0.25, 0.3) is 0 Å². The molecule has 1 aromatic carbocycles. The summed E-state index contributed by atoms with van der Waals surface area (Å²) in [4.78, 5) is 0. The molecular formula is C13H20BrClN2O. The van der Waals surface area contributed by atoms with Crippen molar-refractivity contribution in [3.05, 3.63) is 33.3 Å². The summed E-state index contributed by atoms with van der Waals surface area (Å²) >= 11 is 9.42. The highest BCUT2D eigenvalue weighted by Gasteiger charge is 1.97. The standard InChI is InChI=1S/C13H20BrClN2O/c1-18-6-5-16-3-2-4-17-10-11-7-12(14)9-13(15)8-11/h7-9,16-17H,2-6,10H2,1H3. The lowest BCUT2D eigenvalue weighted by Crippen LogP contribution is -2.24. The Morgan fingerprint density at radius 1 is 1.17 bits per heavy atom. The molecule has 102 valence electrons. The van der Waals surface area contributed by atoms with Gasteiger partial charge >= 0.3 is 0 Å². The Morgan fingerprint density at radius 2 is 1.94 bits per heavy atom. The Bertz CT molecular complexity index is 330. The lowest BCUT2D eigenvalue weighted by Gasteiger charge is -2.07. The summed E-state index contributed by atoms with van der Waals surface area (Å²) in [5, 5.41) is 7.47. The van der Waals surface area contributed by atoms with E-state index in [0.717, 1.165) is 48.7 Å². The summed E-state index contributed by atoms with van der Waals surface area (Å²) in [6.45, 7) is 4.53. The maximum Gasteiger partial charge on any atom is 0.0587 e. The molecule has 0 atom stereocenters. The largest absolute Gasteiger partial charge is 0.383 e. The minimum absolute atomic E-state index is 0.766. The van der Waals surface area contributed by atoms with Crippen LogP contribution in [-0.4, -0.2) is 33.4 Å². The Balaban J connectivity index is 2.07. The van der Waals surface area contributed by atoms with Crippen molar-refractivity contribution in [1.82, 2.24) is 10.6 Å². The van der Waals surface area contributed by atoms with Gasteiger partial charge in [0.05, 0.1) is 6.61 Å². The van der Waals surface area contributed by atoms with Gasteiger partial charge in [0.25, 0.3) is 0 Å². The number of ether oxygens (including phenoxy) is 1. The second kappa shape index (κ2) is 9.75. The van der Waals surface area contributed by atoms with Gasteiger partial charge in [0, 0.05) is 29.7 Å². The highest BCUT2D eigenvalue weighted by atomic mass is 79.9. The molecule has 0 radical (unpaired) electrons. The molecule has 5 heteroatoms.